The van der Waals surface area contributed by atoms with E-state index in [-0.39, 0.29) is 23.4 Å². The second-order valence-corrected chi connectivity index (χ2v) is 8.15. The minimum atomic E-state index is -0.207. The molecule has 0 spiro atoms. The molecule has 2 aliphatic carbocycles. The van der Waals surface area contributed by atoms with Crippen LogP contribution in [0.15, 0.2) is 18.2 Å². The lowest BCUT2D eigenvalue weighted by Crippen LogP contribution is -2.52. The monoisotopic (exact) mass is 300 g/mol. The lowest BCUT2D eigenvalue weighted by Gasteiger charge is -2.53. The first-order valence-corrected chi connectivity index (χ1v) is 8.58. The molecule has 0 aliphatic heterocycles. The molecule has 1 aromatic rings. The van der Waals surface area contributed by atoms with E-state index in [4.69, 9.17) is 0 Å². The number of rotatable bonds is 2. The summed E-state index contributed by atoms with van der Waals surface area (Å²) < 4.78 is 0. The minimum Gasteiger partial charge on any atom is -0.396 e. The number of aliphatic hydroxyl groups excluding tert-OH is 1. The van der Waals surface area contributed by atoms with E-state index < -0.39 is 0 Å². The van der Waals surface area contributed by atoms with E-state index in [0.29, 0.717) is 18.1 Å². The first-order valence-electron chi connectivity index (χ1n) is 8.58. The molecular formula is C20H28O2. The summed E-state index contributed by atoms with van der Waals surface area (Å²) in [5, 5.41) is 9.39. The zero-order chi connectivity index (χ0) is 16.1. The Morgan fingerprint density at radius 1 is 1.27 bits per heavy atom. The highest BCUT2D eigenvalue weighted by Gasteiger charge is 2.53. The second-order valence-electron chi connectivity index (χ2n) is 8.15. The van der Waals surface area contributed by atoms with Gasteiger partial charge in [-0.1, -0.05) is 45.9 Å². The predicted octanol–water partition coefficient (Wildman–Crippen LogP) is 3.99. The molecule has 2 aliphatic rings. The van der Waals surface area contributed by atoms with Crippen molar-refractivity contribution >= 4 is 5.78 Å². The van der Waals surface area contributed by atoms with Gasteiger partial charge < -0.3 is 5.11 Å². The van der Waals surface area contributed by atoms with E-state index in [1.165, 1.54) is 16.7 Å². The molecule has 1 aromatic carbocycles. The highest BCUT2D eigenvalue weighted by Crippen LogP contribution is 2.55. The van der Waals surface area contributed by atoms with E-state index >= 15 is 0 Å². The van der Waals surface area contributed by atoms with Crippen molar-refractivity contribution in [3.8, 4) is 0 Å². The van der Waals surface area contributed by atoms with Crippen LogP contribution in [-0.2, 0) is 16.6 Å². The molecule has 0 aromatic heterocycles. The Morgan fingerprint density at radius 3 is 2.68 bits per heavy atom. The first kappa shape index (κ1) is 15.7. The molecule has 0 saturated heterocycles. The van der Waals surface area contributed by atoms with E-state index in [9.17, 15) is 9.90 Å². The fraction of sp³-hybridized carbons (Fsp3) is 0.650. The molecule has 3 rings (SSSR count). The molecule has 2 nitrogen and oxygen atoms in total. The van der Waals surface area contributed by atoms with Crippen LogP contribution in [0.5, 0.6) is 0 Å². The highest BCUT2D eigenvalue weighted by molar-refractivity contribution is 5.86. The van der Waals surface area contributed by atoms with E-state index in [1.807, 2.05) is 0 Å². The van der Waals surface area contributed by atoms with Crippen LogP contribution < -0.4 is 0 Å². The van der Waals surface area contributed by atoms with Crippen molar-refractivity contribution in [2.24, 2.45) is 11.3 Å². The normalized spacial score (nSPS) is 31.3. The number of ketones is 1. The Morgan fingerprint density at radius 2 is 2.00 bits per heavy atom. The van der Waals surface area contributed by atoms with Gasteiger partial charge in [0, 0.05) is 24.4 Å². The van der Waals surface area contributed by atoms with Gasteiger partial charge in [0.2, 0.25) is 0 Å². The lowest BCUT2D eigenvalue weighted by atomic mass is 9.50. The minimum absolute atomic E-state index is 0.117. The van der Waals surface area contributed by atoms with Crippen LogP contribution in [-0.4, -0.2) is 17.5 Å². The van der Waals surface area contributed by atoms with Gasteiger partial charge in [-0.3, -0.25) is 4.79 Å². The van der Waals surface area contributed by atoms with Crippen molar-refractivity contribution in [1.29, 1.82) is 0 Å². The average molecular weight is 300 g/mol. The summed E-state index contributed by atoms with van der Waals surface area (Å²) in [4.78, 5) is 12.4. The zero-order valence-electron chi connectivity index (χ0n) is 14.3. The first-order chi connectivity index (χ1) is 10.3. The number of hydrogen-bond acceptors (Lipinski definition) is 2. The molecule has 1 fully saturated rings. The Kier molecular flexibility index (Phi) is 3.71. The van der Waals surface area contributed by atoms with Crippen LogP contribution in [0.2, 0.25) is 0 Å². The summed E-state index contributed by atoms with van der Waals surface area (Å²) in [7, 11) is 0. The van der Waals surface area contributed by atoms with Gasteiger partial charge in [-0.15, -0.1) is 0 Å². The quantitative estimate of drug-likeness (QED) is 0.896. The molecule has 120 valence electrons. The number of aryl methyl sites for hydroxylation is 1. The third-order valence-electron chi connectivity index (χ3n) is 6.52. The van der Waals surface area contributed by atoms with Crippen LogP contribution in [0.4, 0.5) is 0 Å². The Balaban J connectivity index is 2.04. The maximum absolute atomic E-state index is 12.4. The van der Waals surface area contributed by atoms with Crippen molar-refractivity contribution in [1.82, 2.24) is 0 Å². The van der Waals surface area contributed by atoms with Crippen molar-refractivity contribution in [2.45, 2.75) is 64.7 Å². The van der Waals surface area contributed by atoms with Crippen LogP contribution in [0, 0.1) is 11.3 Å². The number of benzene rings is 1. The van der Waals surface area contributed by atoms with Gasteiger partial charge in [0.15, 0.2) is 0 Å². The maximum atomic E-state index is 12.4. The highest BCUT2D eigenvalue weighted by atomic mass is 16.3. The number of carbonyl (C=O) groups excluding carboxylic acids is 1. The SMILES string of the molecule is C[C@H](CO)c1ccc2c(c1)CC[C@H]1C(C)(C)C(=O)CC[C@]21C. The standard InChI is InChI=1S/C20H28O2/c1-13(12-21)14-5-7-16-15(11-14)6-8-17-19(2,3)18(22)9-10-20(16,17)4/h5,7,11,13,17,21H,6,8-10,12H2,1-4H3/t13-,17+,20-/m1/s1. The molecule has 3 atom stereocenters. The van der Waals surface area contributed by atoms with Gasteiger partial charge >= 0.3 is 0 Å². The summed E-state index contributed by atoms with van der Waals surface area (Å²) in [6, 6.07) is 6.74. The van der Waals surface area contributed by atoms with Crippen LogP contribution in [0.1, 0.15) is 69.6 Å². The van der Waals surface area contributed by atoms with Crippen molar-refractivity contribution in [3.63, 3.8) is 0 Å². The molecule has 2 heteroatoms. The van der Waals surface area contributed by atoms with Crippen molar-refractivity contribution < 1.29 is 9.90 Å². The van der Waals surface area contributed by atoms with Crippen molar-refractivity contribution in [2.75, 3.05) is 6.61 Å². The summed E-state index contributed by atoms with van der Waals surface area (Å²) >= 11 is 0. The van der Waals surface area contributed by atoms with E-state index in [1.54, 1.807) is 0 Å². The van der Waals surface area contributed by atoms with Crippen LogP contribution in [0.3, 0.4) is 0 Å². The van der Waals surface area contributed by atoms with Gasteiger partial charge in [0.05, 0.1) is 0 Å². The van der Waals surface area contributed by atoms with Gasteiger partial charge in [-0.25, -0.2) is 0 Å². The zero-order valence-corrected chi connectivity index (χ0v) is 14.3. The number of aliphatic hydroxyl groups is 1. The number of Topliss-reactive ketones (excluding diaryl/α,β-unsaturated/α-hetero) is 1. The molecule has 0 unspecified atom stereocenters. The Hall–Kier alpha value is -1.15. The van der Waals surface area contributed by atoms with Gasteiger partial charge in [-0.05, 0) is 47.3 Å². The summed E-state index contributed by atoms with van der Waals surface area (Å²) in [6.45, 7) is 8.91. The molecule has 1 saturated carbocycles. The number of carbonyl (C=O) groups is 1. The molecule has 1 N–H and O–H groups in total. The van der Waals surface area contributed by atoms with Gasteiger partial charge in [0.25, 0.3) is 0 Å². The molecule has 0 heterocycles. The smallest absolute Gasteiger partial charge is 0.138 e. The van der Waals surface area contributed by atoms with E-state index in [2.05, 4.69) is 45.9 Å². The molecule has 0 radical (unpaired) electrons. The number of hydrogen-bond donors (Lipinski definition) is 1. The molecular weight excluding hydrogens is 272 g/mol. The topological polar surface area (TPSA) is 37.3 Å². The third kappa shape index (κ3) is 2.15. The van der Waals surface area contributed by atoms with Crippen LogP contribution >= 0.6 is 0 Å². The predicted molar refractivity (Wildman–Crippen MR) is 89.1 cm³/mol. The summed E-state index contributed by atoms with van der Waals surface area (Å²) in [5.41, 5.74) is 4.02. The molecule has 22 heavy (non-hydrogen) atoms. The average Bonchev–Trinajstić information content (AvgIpc) is 2.50. The van der Waals surface area contributed by atoms with Gasteiger partial charge in [0.1, 0.15) is 5.78 Å². The Bertz CT molecular complexity index is 602. The lowest BCUT2D eigenvalue weighted by molar-refractivity contribution is -0.137. The molecule has 0 bridgehead atoms. The summed E-state index contributed by atoms with van der Waals surface area (Å²) in [5.74, 6) is 1.07. The number of fused-ring (bicyclic) bond motifs is 3. The molecule has 0 amide bonds. The largest absolute Gasteiger partial charge is 0.396 e. The summed E-state index contributed by atoms with van der Waals surface area (Å²) in [6.07, 6.45) is 3.83. The second kappa shape index (κ2) is 5.19. The third-order valence-corrected chi connectivity index (χ3v) is 6.52. The maximum Gasteiger partial charge on any atom is 0.138 e. The van der Waals surface area contributed by atoms with E-state index in [0.717, 1.165) is 19.3 Å². The fourth-order valence-electron chi connectivity index (χ4n) is 4.95. The van der Waals surface area contributed by atoms with Gasteiger partial charge in [-0.2, -0.15) is 0 Å². The van der Waals surface area contributed by atoms with Crippen LogP contribution in [0.25, 0.3) is 0 Å². The Labute approximate surface area is 133 Å². The fourth-order valence-corrected chi connectivity index (χ4v) is 4.95. The van der Waals surface area contributed by atoms with Crippen molar-refractivity contribution in [3.05, 3.63) is 34.9 Å².